The van der Waals surface area contributed by atoms with E-state index in [0.717, 1.165) is 107 Å². The second-order valence-corrected chi connectivity index (χ2v) is 30.1. The van der Waals surface area contributed by atoms with E-state index in [1.54, 1.807) is 12.3 Å². The largest absolute Gasteiger partial charge is 0.573 e. The van der Waals surface area contributed by atoms with Gasteiger partial charge in [0.05, 0.1) is 30.2 Å². The summed E-state index contributed by atoms with van der Waals surface area (Å²) < 4.78 is 165. The number of nitrogen functional groups attached to an aromatic ring is 3. The van der Waals surface area contributed by atoms with E-state index in [-0.39, 0.29) is 58.9 Å². The standard InChI is InChI=1S/C25H34F2N6O.C24H32F4N6O.C22H26F5N5O2/c1-14(2)33-21(11-20(30-33)15-8-22(34-25(26)27)24(28)29-12-15)23-18-9-17(10-19(18)23)32-7-6-31-5-3-4-16(31)13-32;1-13(2)34-19(10-18(31-34)14-7-20(35-24(27)28)23(29)30-11-14)22-16-8-15(9-17(16)22)33-5-3-32(4-6-33)12-21(25)26;23-19(24)11-32-17(20-14-7-13(8-15(14)20)31-2-1-4-33-5-3-31)9-16(30-32)12-6-18(21(28)29-10-12)34-22(25,26)27/h8,11-12,14,16-19,23,25H,3-7,9-10,13H2,1-2H3,(H2,28,29);7,10-11,13,15-17,21-22,24H,3-6,8-9,12H2,1-2H3,(H2,29,30);6,9-10,13-15,19-20H,1-5,7-8,11H2,(H2,28,29)/t16?,17?,18-,19+,23?;15?,16-,17+,22?;13?,14-,15+,20?. The van der Waals surface area contributed by atoms with Crippen molar-refractivity contribution in [2.45, 2.75) is 178 Å². The molecular weight excluding hydrogens is 1360 g/mol. The van der Waals surface area contributed by atoms with Crippen LogP contribution in [-0.2, 0) is 11.3 Å². The molecular formula is C71H92F11N17O4. The number of nitrogens with zero attached hydrogens (tertiary/aromatic N) is 14. The first-order chi connectivity index (χ1) is 49.3. The molecule has 10 fully saturated rings. The van der Waals surface area contributed by atoms with Gasteiger partial charge in [-0.1, -0.05) is 0 Å². The van der Waals surface area contributed by atoms with Crippen LogP contribution in [0.15, 0.2) is 55.0 Å². The molecule has 4 saturated heterocycles. The summed E-state index contributed by atoms with van der Waals surface area (Å²) in [7, 11) is 0. The maximum atomic E-state index is 13.3. The number of piperazine rings is 2. The van der Waals surface area contributed by atoms with Crippen molar-refractivity contribution in [3.8, 4) is 51.0 Å². The zero-order chi connectivity index (χ0) is 72.4. The average molecular weight is 1460 g/mol. The van der Waals surface area contributed by atoms with Crippen molar-refractivity contribution in [1.29, 1.82) is 0 Å². The van der Waals surface area contributed by atoms with Gasteiger partial charge in [0.1, 0.15) is 6.54 Å². The molecule has 0 bridgehead atoms. The molecule has 6 aromatic heterocycles. The van der Waals surface area contributed by atoms with Crippen LogP contribution in [0.4, 0.5) is 65.7 Å². The van der Waals surface area contributed by atoms with Crippen LogP contribution in [0.3, 0.4) is 0 Å². The van der Waals surface area contributed by atoms with E-state index >= 15 is 0 Å². The Morgan fingerprint density at radius 1 is 0.466 bits per heavy atom. The third-order valence-corrected chi connectivity index (χ3v) is 23.3. The number of fused-ring (bicyclic) bond motifs is 4. The monoisotopic (exact) mass is 1460 g/mol. The van der Waals surface area contributed by atoms with E-state index in [0.29, 0.717) is 83.2 Å². The van der Waals surface area contributed by atoms with Gasteiger partial charge in [0.2, 0.25) is 0 Å². The highest BCUT2D eigenvalue weighted by atomic mass is 19.4. The van der Waals surface area contributed by atoms with E-state index in [1.165, 1.54) is 92.5 Å². The summed E-state index contributed by atoms with van der Waals surface area (Å²) in [5.74, 6) is 3.00. The van der Waals surface area contributed by atoms with Crippen LogP contribution in [0.25, 0.3) is 33.8 Å². The summed E-state index contributed by atoms with van der Waals surface area (Å²) >= 11 is 0. The minimum Gasteiger partial charge on any atom is -0.431 e. The molecule has 10 aliphatic rings. The lowest BCUT2D eigenvalue weighted by molar-refractivity contribution is -0.274. The molecule has 562 valence electrons. The van der Waals surface area contributed by atoms with Crippen molar-refractivity contribution in [3.05, 3.63) is 72.1 Å². The zero-order valence-electron chi connectivity index (χ0n) is 58.2. The molecule has 6 saturated carbocycles. The van der Waals surface area contributed by atoms with Crippen molar-refractivity contribution in [3.63, 3.8) is 0 Å². The van der Waals surface area contributed by atoms with Crippen molar-refractivity contribution in [2.75, 3.05) is 102 Å². The molecule has 6 aromatic rings. The molecule has 4 aliphatic heterocycles. The Hall–Kier alpha value is -7.13. The van der Waals surface area contributed by atoms with Gasteiger partial charge in [0, 0.05) is 172 Å². The van der Waals surface area contributed by atoms with Gasteiger partial charge >= 0.3 is 19.6 Å². The van der Waals surface area contributed by atoms with Crippen LogP contribution in [-0.4, -0.2) is 211 Å². The summed E-state index contributed by atoms with van der Waals surface area (Å²) in [6.07, 6.45) is 5.05. The number of ether oxygens (including phenoxy) is 4. The summed E-state index contributed by atoms with van der Waals surface area (Å²) in [5, 5.41) is 13.9. The number of anilines is 3. The number of nitrogens with two attached hydrogens (primary N) is 3. The van der Waals surface area contributed by atoms with Gasteiger partial charge in [-0.2, -0.15) is 32.9 Å². The predicted octanol–water partition coefficient (Wildman–Crippen LogP) is 12.0. The number of rotatable bonds is 20. The second-order valence-electron chi connectivity index (χ2n) is 30.1. The number of hydrogen-bond acceptors (Lipinski definition) is 18. The first-order valence-electron chi connectivity index (χ1n) is 36.3. The smallest absolute Gasteiger partial charge is 0.431 e. The lowest BCUT2D eigenvalue weighted by atomic mass is 10.0. The maximum absolute atomic E-state index is 13.3. The fourth-order valence-electron chi connectivity index (χ4n) is 18.5. The highest BCUT2D eigenvalue weighted by molar-refractivity contribution is 5.67. The molecule has 0 amide bonds. The quantitative estimate of drug-likeness (QED) is 0.0604. The minimum atomic E-state index is -4.93. The molecule has 13 atom stereocenters. The fraction of sp³-hybridized carbons (Fsp3) is 0.662. The topological polar surface area (TPSA) is 223 Å². The molecule has 21 nitrogen and oxygen atoms in total. The third kappa shape index (κ3) is 16.2. The molecule has 32 heteroatoms. The van der Waals surface area contributed by atoms with Gasteiger partial charge in [0.15, 0.2) is 34.7 Å². The van der Waals surface area contributed by atoms with Gasteiger partial charge in [0.25, 0.3) is 12.9 Å². The van der Waals surface area contributed by atoms with Gasteiger partial charge in [-0.3, -0.25) is 38.5 Å². The Bertz CT molecular complexity index is 3860. The Morgan fingerprint density at radius 2 is 0.874 bits per heavy atom. The van der Waals surface area contributed by atoms with E-state index in [1.807, 2.05) is 15.6 Å². The highest BCUT2D eigenvalue weighted by Crippen LogP contribution is 2.67. The number of aromatic nitrogens is 9. The van der Waals surface area contributed by atoms with Gasteiger partial charge in [-0.15, -0.1) is 13.2 Å². The van der Waals surface area contributed by atoms with Crippen molar-refractivity contribution in [2.24, 2.45) is 35.5 Å². The molecule has 103 heavy (non-hydrogen) atoms. The molecule has 6 aliphatic carbocycles. The van der Waals surface area contributed by atoms with Gasteiger partial charge in [-0.25, -0.2) is 32.5 Å². The van der Waals surface area contributed by atoms with E-state index in [4.69, 9.17) is 32.1 Å². The highest BCUT2D eigenvalue weighted by Gasteiger charge is 2.61. The maximum Gasteiger partial charge on any atom is 0.573 e. The Kier molecular flexibility index (Phi) is 21.2. The lowest BCUT2D eigenvalue weighted by Gasteiger charge is -2.41. The van der Waals surface area contributed by atoms with Crippen molar-refractivity contribution in [1.82, 2.24) is 68.8 Å². The Balaban J connectivity index is 0.000000131. The number of halogens is 11. The van der Waals surface area contributed by atoms with Gasteiger partial charge in [-0.05, 0) is 164 Å². The first kappa shape index (κ1) is 72.8. The van der Waals surface area contributed by atoms with Crippen LogP contribution < -0.4 is 31.4 Å². The molecule has 6 N–H and O–H groups in total. The zero-order valence-corrected chi connectivity index (χ0v) is 58.2. The minimum absolute atomic E-state index is 0.0474. The predicted molar refractivity (Wildman–Crippen MR) is 362 cm³/mol. The van der Waals surface area contributed by atoms with Crippen LogP contribution in [0.1, 0.15) is 132 Å². The lowest BCUT2D eigenvalue weighted by Crippen LogP contribution is -2.53. The summed E-state index contributed by atoms with van der Waals surface area (Å²) in [4.78, 5) is 24.1. The average Bonchev–Trinajstić information content (AvgIpc) is 1.57. The number of pyridine rings is 3. The first-order valence-corrected chi connectivity index (χ1v) is 36.3. The molecule has 7 unspecified atom stereocenters. The normalized spacial score (nSPS) is 28.7. The van der Waals surface area contributed by atoms with Gasteiger partial charge < -0.3 is 36.1 Å². The Labute approximate surface area is 590 Å². The van der Waals surface area contributed by atoms with Crippen molar-refractivity contribution < 1.29 is 67.2 Å². The summed E-state index contributed by atoms with van der Waals surface area (Å²) in [6, 6.07) is 12.8. The van der Waals surface area contributed by atoms with Crippen LogP contribution in [0.5, 0.6) is 17.2 Å². The van der Waals surface area contributed by atoms with Crippen LogP contribution >= 0.6 is 0 Å². The van der Waals surface area contributed by atoms with Crippen LogP contribution in [0.2, 0.25) is 0 Å². The third-order valence-electron chi connectivity index (χ3n) is 23.3. The van der Waals surface area contributed by atoms with E-state index < -0.39 is 50.5 Å². The summed E-state index contributed by atoms with van der Waals surface area (Å²) in [5.41, 5.74) is 23.1. The summed E-state index contributed by atoms with van der Waals surface area (Å²) in [6.45, 7) is 13.3. The SMILES string of the molecule is CC(C)n1nc(-c2cnc(N)c(OC(F)F)c2)cc1C1[C@H]2CC(N3CCN(CC(F)F)CC3)C[C@@H]12.CC(C)n1nc(-c2cnc(N)c(OC(F)F)c2)cc1C1[C@H]2CC(N3CCN4CCCC4C3)C[C@@H]12.Nc1ncc(-c2cc(C3[C@H]4CC(N5CCCOCC5)C[C@@H]34)n(CC(F)F)n2)cc1OC(F)(F)F. The number of hydrogen-bond donors (Lipinski definition) is 3. The number of alkyl halides is 11. The second kappa shape index (κ2) is 30.0. The molecule has 0 aromatic carbocycles. The Morgan fingerprint density at radius 3 is 1.35 bits per heavy atom. The molecule has 10 heterocycles. The van der Waals surface area contributed by atoms with E-state index in [9.17, 15) is 48.3 Å². The van der Waals surface area contributed by atoms with Crippen molar-refractivity contribution >= 4 is 17.5 Å². The molecule has 0 radical (unpaired) electrons. The van der Waals surface area contributed by atoms with E-state index in [2.05, 4.69) is 92.3 Å². The van der Waals surface area contributed by atoms with Crippen LogP contribution in [0, 0.1) is 35.5 Å². The molecule has 0 spiro atoms. The molecule has 16 rings (SSSR count). The fourth-order valence-corrected chi connectivity index (χ4v) is 18.5.